The molecule has 1 amide bonds. The molecule has 0 bridgehead atoms. The Labute approximate surface area is 449 Å². The van der Waals surface area contributed by atoms with Crippen LogP contribution in [0.25, 0.3) is 0 Å². The third-order valence-electron chi connectivity index (χ3n) is 14.9. The van der Waals surface area contributed by atoms with Crippen LogP contribution in [-0.4, -0.2) is 47.4 Å². The van der Waals surface area contributed by atoms with E-state index in [2.05, 4.69) is 55.6 Å². The molecule has 0 aromatic heterocycles. The van der Waals surface area contributed by atoms with E-state index in [0.29, 0.717) is 25.9 Å². The Balaban J connectivity index is 3.47. The second kappa shape index (κ2) is 61.6. The number of unbranched alkanes of at least 4 members (excludes halogenated alkanes) is 43. The van der Waals surface area contributed by atoms with Gasteiger partial charge < -0.3 is 20.3 Å². The van der Waals surface area contributed by atoms with E-state index in [-0.39, 0.29) is 18.5 Å². The highest BCUT2D eigenvalue weighted by Gasteiger charge is 2.20. The Morgan fingerprint density at radius 2 is 0.694 bits per heavy atom. The van der Waals surface area contributed by atoms with Crippen molar-refractivity contribution in [3.8, 4) is 0 Å². The van der Waals surface area contributed by atoms with Crippen molar-refractivity contribution in [2.75, 3.05) is 13.2 Å². The lowest BCUT2D eigenvalue weighted by Crippen LogP contribution is -2.45. The molecular weight excluding hydrogens is 887 g/mol. The van der Waals surface area contributed by atoms with Crippen molar-refractivity contribution in [3.05, 3.63) is 36.5 Å². The molecule has 2 unspecified atom stereocenters. The monoisotopic (exact) mass is 1010 g/mol. The van der Waals surface area contributed by atoms with Crippen LogP contribution < -0.4 is 5.32 Å². The average Bonchev–Trinajstić information content (AvgIpc) is 3.38. The Morgan fingerprint density at radius 3 is 1.08 bits per heavy atom. The van der Waals surface area contributed by atoms with E-state index in [9.17, 15) is 19.8 Å². The minimum Gasteiger partial charge on any atom is -0.466 e. The Bertz CT molecular complexity index is 1170. The second-order valence-electron chi connectivity index (χ2n) is 22.1. The van der Waals surface area contributed by atoms with E-state index in [1.807, 2.05) is 0 Å². The summed E-state index contributed by atoms with van der Waals surface area (Å²) < 4.78 is 5.46. The van der Waals surface area contributed by atoms with Gasteiger partial charge in [0.2, 0.25) is 5.91 Å². The van der Waals surface area contributed by atoms with Crippen LogP contribution in [0.15, 0.2) is 36.5 Å². The molecule has 0 aliphatic heterocycles. The van der Waals surface area contributed by atoms with E-state index in [4.69, 9.17) is 4.74 Å². The van der Waals surface area contributed by atoms with E-state index in [0.717, 1.165) is 77.0 Å². The third-order valence-corrected chi connectivity index (χ3v) is 14.9. The molecule has 72 heavy (non-hydrogen) atoms. The number of amides is 1. The quantitative estimate of drug-likeness (QED) is 0.0320. The summed E-state index contributed by atoms with van der Waals surface area (Å²) in [6.07, 6.45) is 77.3. The first-order valence-corrected chi connectivity index (χ1v) is 32.2. The second-order valence-corrected chi connectivity index (χ2v) is 22.1. The van der Waals surface area contributed by atoms with E-state index in [1.54, 1.807) is 0 Å². The number of rotatable bonds is 60. The maximum absolute atomic E-state index is 12.5. The molecule has 3 N–H and O–H groups in total. The Hall–Kier alpha value is -1.92. The number of aliphatic hydroxyl groups excluding tert-OH is 2. The third kappa shape index (κ3) is 57.4. The number of esters is 1. The molecule has 2 atom stereocenters. The van der Waals surface area contributed by atoms with Gasteiger partial charge >= 0.3 is 5.97 Å². The molecule has 424 valence electrons. The summed E-state index contributed by atoms with van der Waals surface area (Å²) in [5.41, 5.74) is 0. The van der Waals surface area contributed by atoms with Crippen LogP contribution in [0.4, 0.5) is 0 Å². The Morgan fingerprint density at radius 1 is 0.389 bits per heavy atom. The van der Waals surface area contributed by atoms with Gasteiger partial charge in [-0.1, -0.05) is 288 Å². The molecule has 0 radical (unpaired) electrons. The average molecular weight is 1010 g/mol. The molecule has 0 heterocycles. The largest absolute Gasteiger partial charge is 0.466 e. The van der Waals surface area contributed by atoms with E-state index in [1.165, 1.54) is 238 Å². The first kappa shape index (κ1) is 70.1. The van der Waals surface area contributed by atoms with Gasteiger partial charge in [0, 0.05) is 12.8 Å². The van der Waals surface area contributed by atoms with Crippen molar-refractivity contribution in [1.29, 1.82) is 0 Å². The normalized spacial score (nSPS) is 12.8. The number of hydrogen-bond donors (Lipinski definition) is 3. The summed E-state index contributed by atoms with van der Waals surface area (Å²) in [5, 5.41) is 23.4. The Kier molecular flexibility index (Phi) is 60.0. The fourth-order valence-corrected chi connectivity index (χ4v) is 9.96. The molecule has 0 aliphatic rings. The number of nitrogens with one attached hydrogen (secondary N) is 1. The molecule has 0 rings (SSSR count). The summed E-state index contributed by atoms with van der Waals surface area (Å²) in [6.45, 7) is 4.92. The van der Waals surface area contributed by atoms with Crippen molar-refractivity contribution in [2.45, 2.75) is 360 Å². The SMILES string of the molecule is CCCCCC/C=C\C/C=C\CCCCCCCC(=O)OCCCCCC/C=C\CCCCCCCCCC(=O)NC(CO)C(O)CCCCCCCCCCCCCCCCCCCCCCCCCC. The van der Waals surface area contributed by atoms with Gasteiger partial charge in [-0.15, -0.1) is 0 Å². The predicted molar refractivity (Wildman–Crippen MR) is 315 cm³/mol. The fourth-order valence-electron chi connectivity index (χ4n) is 9.96. The van der Waals surface area contributed by atoms with Crippen LogP contribution in [0.1, 0.15) is 348 Å². The van der Waals surface area contributed by atoms with Gasteiger partial charge in [-0.05, 0) is 83.5 Å². The molecule has 0 aromatic carbocycles. The maximum atomic E-state index is 12.5. The number of allylic oxidation sites excluding steroid dienone is 6. The van der Waals surface area contributed by atoms with Crippen LogP contribution in [0.5, 0.6) is 0 Å². The van der Waals surface area contributed by atoms with Crippen molar-refractivity contribution in [3.63, 3.8) is 0 Å². The number of carbonyl (C=O) groups excluding carboxylic acids is 2. The van der Waals surface area contributed by atoms with Gasteiger partial charge in [0.05, 0.1) is 25.4 Å². The van der Waals surface area contributed by atoms with E-state index >= 15 is 0 Å². The molecule has 0 spiro atoms. The van der Waals surface area contributed by atoms with Gasteiger partial charge in [-0.25, -0.2) is 0 Å². The maximum Gasteiger partial charge on any atom is 0.305 e. The standard InChI is InChI=1S/C66H125NO5/c1-3-5-7-9-11-13-15-17-19-21-22-23-24-25-26-27-28-30-34-38-42-46-50-54-58-64(69)63(62-68)67-65(70)59-55-51-47-43-39-35-31-29-33-37-41-45-49-53-57-61-72-66(71)60-56-52-48-44-40-36-32-20-18-16-14-12-10-8-6-4-2/h14,16,20,32-33,37,63-64,68-69H,3-13,15,17-19,21-31,34-36,38-62H2,1-2H3,(H,67,70)/b16-14-,32-20-,37-33-. The molecule has 0 saturated carbocycles. The zero-order valence-electron chi connectivity index (χ0n) is 48.4. The molecule has 6 nitrogen and oxygen atoms in total. The van der Waals surface area contributed by atoms with Gasteiger partial charge in [-0.3, -0.25) is 9.59 Å². The van der Waals surface area contributed by atoms with Crippen LogP contribution in [0, 0.1) is 0 Å². The first-order valence-electron chi connectivity index (χ1n) is 32.2. The summed E-state index contributed by atoms with van der Waals surface area (Å²) in [5.74, 6) is -0.0704. The fraction of sp³-hybridized carbons (Fsp3) is 0.879. The van der Waals surface area contributed by atoms with Crippen LogP contribution >= 0.6 is 0 Å². The van der Waals surface area contributed by atoms with Crippen LogP contribution in [-0.2, 0) is 14.3 Å². The number of hydrogen-bond acceptors (Lipinski definition) is 5. The number of carbonyl (C=O) groups is 2. The number of ether oxygens (including phenoxy) is 1. The number of aliphatic hydroxyl groups is 2. The van der Waals surface area contributed by atoms with Crippen molar-refractivity contribution in [1.82, 2.24) is 5.32 Å². The highest BCUT2D eigenvalue weighted by atomic mass is 16.5. The molecule has 0 aliphatic carbocycles. The van der Waals surface area contributed by atoms with Crippen LogP contribution in [0.3, 0.4) is 0 Å². The van der Waals surface area contributed by atoms with Gasteiger partial charge in [0.15, 0.2) is 0 Å². The first-order chi connectivity index (χ1) is 35.5. The zero-order valence-corrected chi connectivity index (χ0v) is 48.4. The van der Waals surface area contributed by atoms with Crippen molar-refractivity contribution < 1.29 is 24.5 Å². The smallest absolute Gasteiger partial charge is 0.305 e. The van der Waals surface area contributed by atoms with Gasteiger partial charge in [0.25, 0.3) is 0 Å². The molecule has 0 aromatic rings. The molecular formula is C66H125NO5. The lowest BCUT2D eigenvalue weighted by atomic mass is 10.0. The molecule has 0 saturated heterocycles. The van der Waals surface area contributed by atoms with Crippen molar-refractivity contribution >= 4 is 11.9 Å². The minimum atomic E-state index is -0.677. The molecule has 0 fully saturated rings. The van der Waals surface area contributed by atoms with Crippen molar-refractivity contribution in [2.24, 2.45) is 0 Å². The predicted octanol–water partition coefficient (Wildman–Crippen LogP) is 20.4. The summed E-state index contributed by atoms with van der Waals surface area (Å²) in [4.78, 5) is 24.6. The van der Waals surface area contributed by atoms with E-state index < -0.39 is 12.1 Å². The zero-order chi connectivity index (χ0) is 52.2. The lowest BCUT2D eigenvalue weighted by Gasteiger charge is -2.22. The van der Waals surface area contributed by atoms with Gasteiger partial charge in [-0.2, -0.15) is 0 Å². The highest BCUT2D eigenvalue weighted by Crippen LogP contribution is 2.18. The summed E-state index contributed by atoms with van der Waals surface area (Å²) in [6, 6.07) is -0.555. The minimum absolute atomic E-state index is 0.0228. The topological polar surface area (TPSA) is 95.9 Å². The lowest BCUT2D eigenvalue weighted by molar-refractivity contribution is -0.143. The summed E-state index contributed by atoms with van der Waals surface area (Å²) in [7, 11) is 0. The molecule has 6 heteroatoms. The van der Waals surface area contributed by atoms with Gasteiger partial charge in [0.1, 0.15) is 0 Å². The van der Waals surface area contributed by atoms with Crippen LogP contribution in [0.2, 0.25) is 0 Å². The highest BCUT2D eigenvalue weighted by molar-refractivity contribution is 5.76. The summed E-state index contributed by atoms with van der Waals surface area (Å²) >= 11 is 0.